The van der Waals surface area contributed by atoms with Gasteiger partial charge in [-0.15, -0.1) is 0 Å². The van der Waals surface area contributed by atoms with E-state index < -0.39 is 20.0 Å². The molecule has 2 unspecified atom stereocenters. The van der Waals surface area contributed by atoms with Gasteiger partial charge in [0.05, 0.1) is 6.10 Å². The van der Waals surface area contributed by atoms with Crippen molar-refractivity contribution >= 4 is 31.1 Å². The van der Waals surface area contributed by atoms with Crippen LogP contribution in [0.3, 0.4) is 0 Å². The number of nitrogens with zero attached hydrogens (tertiary/aromatic N) is 1. The number of aldehydes is 1. The number of hydrogen-bond acceptors (Lipinski definition) is 4. The van der Waals surface area contributed by atoms with Crippen LogP contribution >= 0.6 is 0 Å². The van der Waals surface area contributed by atoms with Crippen LogP contribution in [0, 0.1) is 5.92 Å². The third-order valence-electron chi connectivity index (χ3n) is 6.18. The van der Waals surface area contributed by atoms with Gasteiger partial charge in [0, 0.05) is 19.0 Å². The monoisotopic (exact) mass is 467 g/mol. The van der Waals surface area contributed by atoms with E-state index >= 15 is 0 Å². The second kappa shape index (κ2) is 9.81. The van der Waals surface area contributed by atoms with Crippen LogP contribution in [0.2, 0.25) is 5.04 Å². The zero-order chi connectivity index (χ0) is 24.3. The Balaban J connectivity index is 2.05. The SMILES string of the molecule is CC(C)(C)OC(=O)N1CCC(C=O)C(O[Si](c2ccccc2)(c2ccccc2)C(C)(C)C)C1. The third-order valence-corrected chi connectivity index (χ3v) is 11.2. The van der Waals surface area contributed by atoms with E-state index in [0.717, 1.165) is 16.7 Å². The molecule has 0 bridgehead atoms. The Labute approximate surface area is 199 Å². The molecule has 1 amide bonds. The van der Waals surface area contributed by atoms with Crippen LogP contribution in [0.25, 0.3) is 0 Å². The van der Waals surface area contributed by atoms with Crippen LogP contribution in [0.15, 0.2) is 60.7 Å². The van der Waals surface area contributed by atoms with Crippen molar-refractivity contribution in [2.24, 2.45) is 5.92 Å². The second-order valence-electron chi connectivity index (χ2n) is 10.8. The molecule has 33 heavy (non-hydrogen) atoms. The summed E-state index contributed by atoms with van der Waals surface area (Å²) in [4.78, 5) is 26.6. The van der Waals surface area contributed by atoms with Gasteiger partial charge < -0.3 is 18.9 Å². The van der Waals surface area contributed by atoms with E-state index in [1.807, 2.05) is 57.2 Å². The summed E-state index contributed by atoms with van der Waals surface area (Å²) < 4.78 is 12.8. The van der Waals surface area contributed by atoms with Gasteiger partial charge >= 0.3 is 6.09 Å². The number of likely N-dealkylation sites (tertiary alicyclic amines) is 1. The van der Waals surface area contributed by atoms with Gasteiger partial charge in [-0.3, -0.25) is 0 Å². The molecular weight excluding hydrogens is 430 g/mol. The van der Waals surface area contributed by atoms with Crippen LogP contribution in [-0.2, 0) is 14.0 Å². The lowest BCUT2D eigenvalue weighted by Crippen LogP contribution is -2.69. The Kier molecular flexibility index (Phi) is 7.49. The van der Waals surface area contributed by atoms with Gasteiger partial charge in [0.1, 0.15) is 11.9 Å². The number of benzene rings is 2. The topological polar surface area (TPSA) is 55.8 Å². The van der Waals surface area contributed by atoms with Gasteiger partial charge in [-0.1, -0.05) is 81.4 Å². The average molecular weight is 468 g/mol. The highest BCUT2D eigenvalue weighted by atomic mass is 28.4. The first kappa shape index (κ1) is 25.2. The molecule has 2 aromatic rings. The summed E-state index contributed by atoms with van der Waals surface area (Å²) in [6.07, 6.45) is 0.790. The Morgan fingerprint density at radius 2 is 1.45 bits per heavy atom. The van der Waals surface area contributed by atoms with Gasteiger partial charge in [0.15, 0.2) is 0 Å². The van der Waals surface area contributed by atoms with Crippen LogP contribution < -0.4 is 10.4 Å². The Bertz CT molecular complexity index is 895. The molecule has 2 atom stereocenters. The summed E-state index contributed by atoms with van der Waals surface area (Å²) in [6.45, 7) is 13.0. The van der Waals surface area contributed by atoms with Crippen molar-refractivity contribution in [2.75, 3.05) is 13.1 Å². The van der Waals surface area contributed by atoms with Gasteiger partial charge in [0.25, 0.3) is 8.32 Å². The predicted octanol–water partition coefficient (Wildman–Crippen LogP) is 4.39. The van der Waals surface area contributed by atoms with Crippen LogP contribution in [0.1, 0.15) is 48.0 Å². The van der Waals surface area contributed by atoms with Crippen molar-refractivity contribution in [3.8, 4) is 0 Å². The van der Waals surface area contributed by atoms with Gasteiger partial charge in [-0.05, 0) is 42.6 Å². The lowest BCUT2D eigenvalue weighted by molar-refractivity contribution is -0.116. The fourth-order valence-electron chi connectivity index (χ4n) is 4.63. The average Bonchev–Trinajstić information content (AvgIpc) is 2.76. The number of hydrogen-bond donors (Lipinski definition) is 0. The maximum Gasteiger partial charge on any atom is 0.410 e. The summed E-state index contributed by atoms with van der Waals surface area (Å²) in [5, 5.41) is 2.10. The summed E-state index contributed by atoms with van der Waals surface area (Å²) in [5.41, 5.74) is -0.576. The zero-order valence-corrected chi connectivity index (χ0v) is 21.7. The molecule has 3 rings (SSSR count). The maximum absolute atomic E-state index is 12.8. The van der Waals surface area contributed by atoms with Crippen molar-refractivity contribution in [2.45, 2.75) is 64.7 Å². The molecule has 1 saturated heterocycles. The standard InChI is InChI=1S/C27H37NO4Si/c1-26(2,3)31-25(30)28-18-17-21(20-29)24(19-28)32-33(27(4,5)6,22-13-9-7-10-14-22)23-15-11-8-12-16-23/h7-16,20-21,24H,17-19H2,1-6H3. The number of piperidine rings is 1. The van der Waals surface area contributed by atoms with Crippen LogP contribution in [-0.4, -0.2) is 50.4 Å². The molecule has 6 heteroatoms. The number of rotatable bonds is 5. The highest BCUT2D eigenvalue weighted by Gasteiger charge is 2.53. The van der Waals surface area contributed by atoms with Crippen molar-refractivity contribution in [1.82, 2.24) is 4.90 Å². The molecule has 1 aliphatic rings. The number of carbonyl (C=O) groups is 2. The van der Waals surface area contributed by atoms with Crippen LogP contribution in [0.5, 0.6) is 0 Å². The fourth-order valence-corrected chi connectivity index (χ4v) is 9.34. The number of amides is 1. The lowest BCUT2D eigenvalue weighted by atomic mass is 9.96. The summed E-state index contributed by atoms with van der Waals surface area (Å²) in [6, 6.07) is 20.7. The quantitative estimate of drug-likeness (QED) is 0.483. The Morgan fingerprint density at radius 3 is 1.88 bits per heavy atom. The molecule has 0 saturated carbocycles. The number of ether oxygens (including phenoxy) is 1. The highest BCUT2D eigenvalue weighted by Crippen LogP contribution is 2.39. The van der Waals surface area contributed by atoms with Gasteiger partial charge in [0.2, 0.25) is 0 Å². The molecular formula is C27H37NO4Si. The third kappa shape index (κ3) is 5.56. The van der Waals surface area contributed by atoms with E-state index in [2.05, 4.69) is 45.0 Å². The molecule has 0 N–H and O–H groups in total. The minimum Gasteiger partial charge on any atom is -0.444 e. The molecule has 0 aromatic heterocycles. The minimum atomic E-state index is -2.84. The van der Waals surface area contributed by atoms with E-state index in [-0.39, 0.29) is 17.0 Å². The maximum atomic E-state index is 12.8. The summed E-state index contributed by atoms with van der Waals surface area (Å²) >= 11 is 0. The first-order valence-corrected chi connectivity index (χ1v) is 13.6. The van der Waals surface area contributed by atoms with Crippen LogP contribution in [0.4, 0.5) is 4.79 Å². The van der Waals surface area contributed by atoms with E-state index in [4.69, 9.17) is 9.16 Å². The summed E-state index contributed by atoms with van der Waals surface area (Å²) in [5.74, 6) is -0.273. The molecule has 2 aromatic carbocycles. The predicted molar refractivity (Wildman–Crippen MR) is 134 cm³/mol. The van der Waals surface area contributed by atoms with Gasteiger partial charge in [-0.25, -0.2) is 4.79 Å². The largest absolute Gasteiger partial charge is 0.444 e. The Morgan fingerprint density at radius 1 is 0.939 bits per heavy atom. The molecule has 5 nitrogen and oxygen atoms in total. The van der Waals surface area contributed by atoms with E-state index in [1.165, 1.54) is 0 Å². The zero-order valence-electron chi connectivity index (χ0n) is 20.7. The molecule has 1 heterocycles. The smallest absolute Gasteiger partial charge is 0.410 e. The van der Waals surface area contributed by atoms with Crippen molar-refractivity contribution in [3.05, 3.63) is 60.7 Å². The number of carbonyl (C=O) groups excluding carboxylic acids is 2. The molecule has 0 aliphatic carbocycles. The molecule has 1 aliphatic heterocycles. The first-order valence-electron chi connectivity index (χ1n) is 11.7. The van der Waals surface area contributed by atoms with E-state index in [1.54, 1.807) is 4.90 Å². The Hall–Kier alpha value is -2.44. The molecule has 178 valence electrons. The van der Waals surface area contributed by atoms with Crippen molar-refractivity contribution in [3.63, 3.8) is 0 Å². The van der Waals surface area contributed by atoms with Crippen molar-refractivity contribution in [1.29, 1.82) is 0 Å². The molecule has 0 spiro atoms. The normalized spacial score (nSPS) is 19.8. The minimum absolute atomic E-state index is 0.211. The first-order chi connectivity index (χ1) is 15.5. The highest BCUT2D eigenvalue weighted by molar-refractivity contribution is 6.99. The lowest BCUT2D eigenvalue weighted by Gasteiger charge is -2.48. The summed E-state index contributed by atoms with van der Waals surface area (Å²) in [7, 11) is -2.84. The second-order valence-corrected chi connectivity index (χ2v) is 15.1. The van der Waals surface area contributed by atoms with E-state index in [9.17, 15) is 9.59 Å². The molecule has 1 fully saturated rings. The van der Waals surface area contributed by atoms with Gasteiger partial charge in [-0.2, -0.15) is 0 Å². The fraction of sp³-hybridized carbons (Fsp3) is 0.481. The molecule has 0 radical (unpaired) electrons. The van der Waals surface area contributed by atoms with Crippen molar-refractivity contribution < 1.29 is 18.8 Å². The van der Waals surface area contributed by atoms with E-state index in [0.29, 0.717) is 19.5 Å².